The third-order valence-electron chi connectivity index (χ3n) is 9.91. The second-order valence-corrected chi connectivity index (χ2v) is 22.9. The molecule has 0 aliphatic heterocycles. The molecule has 386 valence electrons. The zero-order valence-corrected chi connectivity index (χ0v) is 43.6. The number of carbonyl (C=O) groups excluding carboxylic acids is 2. The van der Waals surface area contributed by atoms with Gasteiger partial charge < -0.3 is 39.5 Å². The molecule has 0 saturated heterocycles. The number of imidazole rings is 2. The standard InChI is InChI=1S/C23H32N5O5PS.C22H30N5O7PS/c1-23(2,15-29)22(30)35-13-12-33-34(31,27-14-18-6-4-3-5-7-18)17-32-11-10-28-16-26-20-19(24)8-9-25-21(20)28;1-16-25-19-18(20(28)26-16)23-14-27(19)15-32-9-10-33-35(31,24-13-17-7-5-4-6-8-17)34-11-12-36-21(29)22(2,3)30/h3-9,16,29H,10-15,17H2,1-2H3,(H2,24,25)(H,27,31);4-8,14,30H,9-13,15H2,1-3H3,(H,24,31)(H,25,26,28). The Balaban J connectivity index is 0.000000264. The highest BCUT2D eigenvalue weighted by Gasteiger charge is 2.29. The van der Waals surface area contributed by atoms with E-state index in [0.29, 0.717) is 47.2 Å². The first-order chi connectivity index (χ1) is 33.8. The molecule has 2 atom stereocenters. The van der Waals surface area contributed by atoms with E-state index in [0.717, 1.165) is 34.7 Å². The Hall–Kier alpha value is -4.65. The van der Waals surface area contributed by atoms with Crippen molar-refractivity contribution in [2.45, 2.75) is 66.6 Å². The van der Waals surface area contributed by atoms with E-state index in [-0.39, 0.29) is 81.2 Å². The Labute approximate surface area is 419 Å². The minimum Gasteiger partial charge on any atom is -0.397 e. The minimum absolute atomic E-state index is 0.0347. The van der Waals surface area contributed by atoms with Gasteiger partial charge in [0.15, 0.2) is 21.9 Å². The molecule has 0 spiro atoms. The summed E-state index contributed by atoms with van der Waals surface area (Å²) < 4.78 is 58.2. The third kappa shape index (κ3) is 18.4. The molecule has 4 aromatic heterocycles. The molecule has 22 nitrogen and oxygen atoms in total. The second kappa shape index (κ2) is 27.4. The molecule has 6 aromatic rings. The van der Waals surface area contributed by atoms with Crippen LogP contribution in [-0.4, -0.2) is 118 Å². The number of thioether (sulfide) groups is 2. The molecule has 0 fully saturated rings. The topological polar surface area (TPSA) is 299 Å². The maximum Gasteiger partial charge on any atom is 0.405 e. The van der Waals surface area contributed by atoms with E-state index in [2.05, 4.69) is 35.1 Å². The van der Waals surface area contributed by atoms with Crippen LogP contribution in [0.3, 0.4) is 0 Å². The predicted octanol–water partition coefficient (Wildman–Crippen LogP) is 5.63. The summed E-state index contributed by atoms with van der Waals surface area (Å²) in [5.74, 6) is 0.967. The molecular formula is C45H62N10O12P2S2. The minimum atomic E-state index is -3.73. The smallest absolute Gasteiger partial charge is 0.397 e. The fraction of sp³-hybridized carbons (Fsp3) is 0.444. The lowest BCUT2D eigenvalue weighted by molar-refractivity contribution is -0.124. The highest BCUT2D eigenvalue weighted by atomic mass is 32.2. The monoisotopic (exact) mass is 1060 g/mol. The van der Waals surface area contributed by atoms with Gasteiger partial charge in [0.25, 0.3) is 13.1 Å². The van der Waals surface area contributed by atoms with Crippen LogP contribution in [0, 0.1) is 12.3 Å². The molecule has 71 heavy (non-hydrogen) atoms. The number of aromatic amines is 1. The zero-order chi connectivity index (χ0) is 51.5. The number of fused-ring (bicyclic) bond motifs is 2. The molecule has 26 heteroatoms. The number of nitrogen functional groups attached to an aromatic ring is 1. The van der Waals surface area contributed by atoms with Gasteiger partial charge in [-0.3, -0.25) is 32.6 Å². The van der Waals surface area contributed by atoms with E-state index >= 15 is 0 Å². The number of aromatic nitrogens is 7. The first-order valence-electron chi connectivity index (χ1n) is 22.3. The van der Waals surface area contributed by atoms with Crippen LogP contribution in [0.15, 0.2) is 90.4 Å². The Bertz CT molecular complexity index is 2790. The summed E-state index contributed by atoms with van der Waals surface area (Å²) in [6.07, 6.45) is 4.58. The van der Waals surface area contributed by atoms with Crippen molar-refractivity contribution in [2.75, 3.05) is 63.2 Å². The van der Waals surface area contributed by atoms with Crippen LogP contribution in [0.4, 0.5) is 5.69 Å². The van der Waals surface area contributed by atoms with Crippen molar-refractivity contribution in [1.82, 2.24) is 44.2 Å². The van der Waals surface area contributed by atoms with Crippen molar-refractivity contribution >= 4 is 77.0 Å². The molecule has 7 N–H and O–H groups in total. The van der Waals surface area contributed by atoms with Gasteiger partial charge in [0.05, 0.1) is 63.4 Å². The van der Waals surface area contributed by atoms with Gasteiger partial charge in [-0.05, 0) is 51.8 Å². The van der Waals surface area contributed by atoms with Crippen LogP contribution < -0.4 is 21.5 Å². The van der Waals surface area contributed by atoms with Gasteiger partial charge in [0, 0.05) is 37.3 Å². The highest BCUT2D eigenvalue weighted by molar-refractivity contribution is 8.14. The molecule has 0 bridgehead atoms. The molecule has 2 unspecified atom stereocenters. The van der Waals surface area contributed by atoms with Crippen molar-refractivity contribution in [1.29, 1.82) is 0 Å². The molecule has 0 radical (unpaired) electrons. The first-order valence-corrected chi connectivity index (χ1v) is 27.6. The summed E-state index contributed by atoms with van der Waals surface area (Å²) in [6.45, 7) is 9.06. The number of aliphatic hydroxyl groups is 2. The molecule has 6 rings (SSSR count). The second-order valence-electron chi connectivity index (χ2n) is 16.8. The van der Waals surface area contributed by atoms with E-state index in [1.807, 2.05) is 65.2 Å². The van der Waals surface area contributed by atoms with E-state index in [1.54, 1.807) is 43.9 Å². The Morgan fingerprint density at radius 2 is 1.37 bits per heavy atom. The molecule has 0 aliphatic carbocycles. The van der Waals surface area contributed by atoms with Crippen molar-refractivity contribution in [2.24, 2.45) is 5.41 Å². The SMILES string of the molecule is CC(C)(CO)C(=O)SCCOP(=O)(COCCn1cnc2c(N)ccnc21)NCc1ccccc1.Cc1nc2c(ncn2COCCOP(=O)(NCc2ccccc2)OCCSC(=O)C(C)(C)O)c(=O)[nH]1. The summed E-state index contributed by atoms with van der Waals surface area (Å²) in [4.78, 5) is 55.5. The molecular weight excluding hydrogens is 999 g/mol. The highest BCUT2D eigenvalue weighted by Crippen LogP contribution is 2.44. The van der Waals surface area contributed by atoms with Gasteiger partial charge in [-0.15, -0.1) is 0 Å². The van der Waals surface area contributed by atoms with E-state index in [4.69, 9.17) is 28.8 Å². The van der Waals surface area contributed by atoms with Crippen molar-refractivity contribution in [3.63, 3.8) is 0 Å². The van der Waals surface area contributed by atoms with Gasteiger partial charge in [-0.25, -0.2) is 34.7 Å². The fourth-order valence-corrected chi connectivity index (χ4v) is 10.4. The number of nitrogens with two attached hydrogens (primary N) is 1. The van der Waals surface area contributed by atoms with Gasteiger partial charge >= 0.3 is 7.75 Å². The molecule has 4 heterocycles. The number of hydrogen-bond donors (Lipinski definition) is 6. The number of aryl methyl sites for hydroxylation is 1. The van der Waals surface area contributed by atoms with Gasteiger partial charge in [-0.1, -0.05) is 84.2 Å². The number of anilines is 1. The number of H-pyrrole nitrogens is 1. The average Bonchev–Trinajstić information content (AvgIpc) is 3.97. The van der Waals surface area contributed by atoms with E-state index in [9.17, 15) is 33.7 Å². The number of hydrogen-bond acceptors (Lipinski definition) is 19. The lowest BCUT2D eigenvalue weighted by atomic mass is 9.97. The summed E-state index contributed by atoms with van der Waals surface area (Å²) in [5, 5.41) is 24.3. The van der Waals surface area contributed by atoms with Crippen LogP contribution in [0.2, 0.25) is 0 Å². The van der Waals surface area contributed by atoms with Crippen molar-refractivity contribution in [3.05, 3.63) is 113 Å². The van der Waals surface area contributed by atoms with Crippen molar-refractivity contribution < 1.29 is 52.0 Å². The summed E-state index contributed by atoms with van der Waals surface area (Å²) in [5.41, 5.74) is 7.59. The Kier molecular flexibility index (Phi) is 22.1. The molecule has 2 aromatic carbocycles. The quantitative estimate of drug-likeness (QED) is 0.0256. The number of rotatable bonds is 28. The van der Waals surface area contributed by atoms with Gasteiger partial charge in [0.1, 0.15) is 30.0 Å². The number of nitrogens with zero attached hydrogens (tertiary/aromatic N) is 6. The summed E-state index contributed by atoms with van der Waals surface area (Å²) in [7, 11) is -7.09. The number of ether oxygens (including phenoxy) is 2. The number of nitrogens with one attached hydrogen (secondary N) is 3. The molecule has 0 amide bonds. The third-order valence-corrected chi connectivity index (χ3v) is 15.6. The van der Waals surface area contributed by atoms with Gasteiger partial charge in [0.2, 0.25) is 5.12 Å². The van der Waals surface area contributed by atoms with Crippen LogP contribution in [0.5, 0.6) is 0 Å². The predicted molar refractivity (Wildman–Crippen MR) is 273 cm³/mol. The van der Waals surface area contributed by atoms with E-state index in [1.165, 1.54) is 20.2 Å². The summed E-state index contributed by atoms with van der Waals surface area (Å²) in [6, 6.07) is 20.6. The number of benzene rings is 2. The fourth-order valence-electron chi connectivity index (χ4n) is 5.93. The largest absolute Gasteiger partial charge is 0.405 e. The van der Waals surface area contributed by atoms with Crippen LogP contribution in [0.1, 0.15) is 44.6 Å². The molecule has 0 saturated carbocycles. The zero-order valence-electron chi connectivity index (χ0n) is 40.2. The Morgan fingerprint density at radius 1 is 0.761 bits per heavy atom. The maximum absolute atomic E-state index is 13.5. The van der Waals surface area contributed by atoms with Crippen LogP contribution in [-0.2, 0) is 68.1 Å². The summed E-state index contributed by atoms with van der Waals surface area (Å²) >= 11 is 1.94. The molecule has 0 aliphatic rings. The number of pyridine rings is 1. The lowest BCUT2D eigenvalue weighted by Gasteiger charge is -2.21. The lowest BCUT2D eigenvalue weighted by Crippen LogP contribution is -2.29. The Morgan fingerprint density at radius 3 is 2.03 bits per heavy atom. The maximum atomic E-state index is 13.5. The van der Waals surface area contributed by atoms with Crippen LogP contribution >= 0.6 is 38.8 Å². The average molecular weight is 1060 g/mol. The van der Waals surface area contributed by atoms with Gasteiger partial charge in [-0.2, -0.15) is 0 Å². The van der Waals surface area contributed by atoms with E-state index < -0.39 is 31.4 Å². The first kappa shape index (κ1) is 57.3. The normalized spacial score (nSPS) is 13.7. The number of aliphatic hydroxyl groups excluding tert-OH is 1. The number of carbonyl (C=O) groups is 2. The van der Waals surface area contributed by atoms with Crippen molar-refractivity contribution in [3.8, 4) is 0 Å². The van der Waals surface area contributed by atoms with Crippen LogP contribution in [0.25, 0.3) is 22.3 Å².